The summed E-state index contributed by atoms with van der Waals surface area (Å²) in [6.45, 7) is 0. The van der Waals surface area contributed by atoms with E-state index in [0.29, 0.717) is 5.69 Å². The average Bonchev–Trinajstić information content (AvgIpc) is 2.98. The van der Waals surface area contributed by atoms with Gasteiger partial charge in [-0.2, -0.15) is 0 Å². The molecule has 0 aliphatic heterocycles. The van der Waals surface area contributed by atoms with E-state index in [9.17, 15) is 9.18 Å². The van der Waals surface area contributed by atoms with E-state index in [2.05, 4.69) is 10.3 Å². The Morgan fingerprint density at radius 2 is 2.04 bits per heavy atom. The number of carbonyl (C=O) groups is 1. The minimum atomic E-state index is -0.518. The smallest absolute Gasteiger partial charge is 0.234 e. The van der Waals surface area contributed by atoms with Crippen molar-refractivity contribution < 1.29 is 9.18 Å². The number of nitrogens with zero attached hydrogens (tertiary/aromatic N) is 2. The van der Waals surface area contributed by atoms with E-state index >= 15 is 0 Å². The summed E-state index contributed by atoms with van der Waals surface area (Å²) in [4.78, 5) is 16.4. The van der Waals surface area contributed by atoms with Crippen LogP contribution in [0, 0.1) is 5.82 Å². The number of hydrogen-bond acceptors (Lipinski definition) is 3. The minimum absolute atomic E-state index is 0.0259. The Hall–Kier alpha value is -2.31. The van der Waals surface area contributed by atoms with Gasteiger partial charge in [-0.3, -0.25) is 4.79 Å². The zero-order chi connectivity index (χ0) is 17.8. The summed E-state index contributed by atoms with van der Waals surface area (Å²) >= 11 is 7.04. The number of nitrogens with one attached hydrogen (secondary N) is 1. The van der Waals surface area contributed by atoms with Gasteiger partial charge in [-0.15, -0.1) is 0 Å². The number of carbonyl (C=O) groups excluding carboxylic acids is 1. The molecule has 3 rings (SSSR count). The first kappa shape index (κ1) is 17.5. The second-order valence-electron chi connectivity index (χ2n) is 5.32. The fourth-order valence-corrected chi connectivity index (χ4v) is 3.24. The highest BCUT2D eigenvalue weighted by atomic mass is 35.5. The van der Waals surface area contributed by atoms with Crippen LogP contribution in [0.25, 0.3) is 11.3 Å². The third kappa shape index (κ3) is 4.21. The van der Waals surface area contributed by atoms with E-state index in [4.69, 9.17) is 11.6 Å². The molecule has 0 radical (unpaired) electrons. The molecule has 0 saturated carbocycles. The lowest BCUT2D eigenvalue weighted by atomic mass is 10.2. The number of rotatable bonds is 5. The van der Waals surface area contributed by atoms with Crippen LogP contribution >= 0.6 is 23.4 Å². The Morgan fingerprint density at radius 3 is 2.76 bits per heavy atom. The molecule has 0 aliphatic rings. The van der Waals surface area contributed by atoms with E-state index in [1.54, 1.807) is 6.20 Å². The van der Waals surface area contributed by atoms with Crippen molar-refractivity contribution in [3.05, 3.63) is 65.6 Å². The van der Waals surface area contributed by atoms with Gasteiger partial charge < -0.3 is 9.88 Å². The fourth-order valence-electron chi connectivity index (χ4n) is 2.30. The lowest BCUT2D eigenvalue weighted by Crippen LogP contribution is -2.14. The summed E-state index contributed by atoms with van der Waals surface area (Å²) in [5, 5.41) is 3.41. The number of benzene rings is 2. The van der Waals surface area contributed by atoms with Crippen LogP contribution in [0.2, 0.25) is 5.02 Å². The molecule has 0 unspecified atom stereocenters. The van der Waals surface area contributed by atoms with Crippen LogP contribution in [0.3, 0.4) is 0 Å². The van der Waals surface area contributed by atoms with Gasteiger partial charge in [0, 0.05) is 12.7 Å². The average molecular weight is 376 g/mol. The molecule has 128 valence electrons. The molecule has 1 aromatic heterocycles. The van der Waals surface area contributed by atoms with Crippen LogP contribution in [0.4, 0.5) is 10.1 Å². The summed E-state index contributed by atoms with van der Waals surface area (Å²) in [5.41, 5.74) is 2.50. The largest absolute Gasteiger partial charge is 0.325 e. The lowest BCUT2D eigenvalue weighted by Gasteiger charge is -2.07. The first-order chi connectivity index (χ1) is 12.0. The number of amides is 1. The van der Waals surface area contributed by atoms with Gasteiger partial charge in [0.25, 0.3) is 0 Å². The van der Waals surface area contributed by atoms with E-state index in [1.807, 2.05) is 41.9 Å². The molecule has 0 fully saturated rings. The van der Waals surface area contributed by atoms with Crippen LogP contribution in [-0.2, 0) is 11.8 Å². The topological polar surface area (TPSA) is 46.9 Å². The third-order valence-electron chi connectivity index (χ3n) is 3.55. The highest BCUT2D eigenvalue weighted by Crippen LogP contribution is 2.25. The monoisotopic (exact) mass is 375 g/mol. The van der Waals surface area contributed by atoms with E-state index in [-0.39, 0.29) is 16.7 Å². The van der Waals surface area contributed by atoms with Gasteiger partial charge in [-0.1, -0.05) is 53.7 Å². The summed E-state index contributed by atoms with van der Waals surface area (Å²) in [7, 11) is 1.91. The van der Waals surface area contributed by atoms with Crippen LogP contribution in [0.15, 0.2) is 59.9 Å². The van der Waals surface area contributed by atoms with Crippen LogP contribution in [0.5, 0.6) is 0 Å². The maximum Gasteiger partial charge on any atom is 0.234 e. The number of hydrogen-bond donors (Lipinski definition) is 1. The summed E-state index contributed by atoms with van der Waals surface area (Å²) < 4.78 is 15.1. The molecule has 25 heavy (non-hydrogen) atoms. The maximum atomic E-state index is 13.1. The molecule has 0 saturated heterocycles. The molecule has 0 spiro atoms. The van der Waals surface area contributed by atoms with Crippen LogP contribution in [-0.4, -0.2) is 21.2 Å². The predicted octanol–water partition coefficient (Wildman–Crippen LogP) is 4.61. The SMILES string of the molecule is Cn1c(-c2ccccc2)cnc1SCC(=O)Nc1ccc(F)c(Cl)c1. The quantitative estimate of drug-likeness (QED) is 0.662. The molecular weight excluding hydrogens is 361 g/mol. The number of aromatic nitrogens is 2. The first-order valence-corrected chi connectivity index (χ1v) is 8.86. The predicted molar refractivity (Wildman–Crippen MR) is 99.4 cm³/mol. The minimum Gasteiger partial charge on any atom is -0.325 e. The zero-order valence-electron chi connectivity index (χ0n) is 13.4. The molecule has 1 N–H and O–H groups in total. The Morgan fingerprint density at radius 1 is 1.28 bits per heavy atom. The Balaban J connectivity index is 1.63. The molecule has 2 aromatic carbocycles. The first-order valence-electron chi connectivity index (χ1n) is 7.49. The number of anilines is 1. The molecule has 3 aromatic rings. The molecule has 0 bridgehead atoms. The van der Waals surface area contributed by atoms with Gasteiger partial charge >= 0.3 is 0 Å². The van der Waals surface area contributed by atoms with Crippen molar-refractivity contribution in [2.45, 2.75) is 5.16 Å². The van der Waals surface area contributed by atoms with Crippen molar-refractivity contribution in [2.75, 3.05) is 11.1 Å². The highest BCUT2D eigenvalue weighted by molar-refractivity contribution is 7.99. The Labute approximate surface area is 154 Å². The Kier molecular flexibility index (Phi) is 5.40. The molecule has 1 amide bonds. The van der Waals surface area contributed by atoms with Gasteiger partial charge in [0.1, 0.15) is 5.82 Å². The molecule has 1 heterocycles. The van der Waals surface area contributed by atoms with Gasteiger partial charge in [-0.25, -0.2) is 9.37 Å². The van der Waals surface area contributed by atoms with Crippen molar-refractivity contribution in [1.29, 1.82) is 0 Å². The van der Waals surface area contributed by atoms with Gasteiger partial charge in [0.15, 0.2) is 5.16 Å². The molecule has 7 heteroatoms. The van der Waals surface area contributed by atoms with Crippen molar-refractivity contribution in [1.82, 2.24) is 9.55 Å². The fraction of sp³-hybridized carbons (Fsp3) is 0.111. The molecular formula is C18H15ClFN3OS. The maximum absolute atomic E-state index is 13.1. The van der Waals surface area contributed by atoms with Gasteiger partial charge in [-0.05, 0) is 23.8 Å². The second kappa shape index (κ2) is 7.72. The van der Waals surface area contributed by atoms with Crippen molar-refractivity contribution in [3.63, 3.8) is 0 Å². The standard InChI is InChI=1S/C18H15ClFN3OS/c1-23-16(12-5-3-2-4-6-12)10-21-18(23)25-11-17(24)22-13-7-8-15(20)14(19)9-13/h2-10H,11H2,1H3,(H,22,24). The molecule has 4 nitrogen and oxygen atoms in total. The van der Waals surface area contributed by atoms with Gasteiger partial charge in [0.05, 0.1) is 22.7 Å². The normalized spacial score (nSPS) is 10.7. The van der Waals surface area contributed by atoms with E-state index in [0.717, 1.165) is 16.4 Å². The van der Waals surface area contributed by atoms with Crippen molar-refractivity contribution in [3.8, 4) is 11.3 Å². The number of halogens is 2. The lowest BCUT2D eigenvalue weighted by molar-refractivity contribution is -0.113. The zero-order valence-corrected chi connectivity index (χ0v) is 14.9. The second-order valence-corrected chi connectivity index (χ2v) is 6.67. The van der Waals surface area contributed by atoms with Crippen LogP contribution in [0.1, 0.15) is 0 Å². The molecule has 0 aliphatic carbocycles. The van der Waals surface area contributed by atoms with Gasteiger partial charge in [0.2, 0.25) is 5.91 Å². The van der Waals surface area contributed by atoms with Crippen molar-refractivity contribution in [2.24, 2.45) is 7.05 Å². The highest BCUT2D eigenvalue weighted by Gasteiger charge is 2.11. The Bertz CT molecular complexity index is 899. The summed E-state index contributed by atoms with van der Waals surface area (Å²) in [5.74, 6) is -0.541. The number of imidazole rings is 1. The van der Waals surface area contributed by atoms with Crippen LogP contribution < -0.4 is 5.32 Å². The van der Waals surface area contributed by atoms with Crippen molar-refractivity contribution >= 4 is 35.0 Å². The third-order valence-corrected chi connectivity index (χ3v) is 4.88. The number of thioether (sulfide) groups is 1. The summed E-state index contributed by atoms with van der Waals surface area (Å²) in [6.07, 6.45) is 1.79. The van der Waals surface area contributed by atoms with E-state index < -0.39 is 5.82 Å². The molecule has 0 atom stereocenters. The van der Waals surface area contributed by atoms with E-state index in [1.165, 1.54) is 30.0 Å². The summed E-state index contributed by atoms with van der Waals surface area (Å²) in [6, 6.07) is 14.0.